The molecule has 0 spiro atoms. The molecule has 138 valence electrons. The zero-order chi connectivity index (χ0) is 18.2. The van der Waals surface area contributed by atoms with Crippen LogP contribution in [0.4, 0.5) is 0 Å². The number of H-pyrrole nitrogens is 1. The lowest BCUT2D eigenvalue weighted by atomic mass is 9.94. The highest BCUT2D eigenvalue weighted by Gasteiger charge is 2.21. The Morgan fingerprint density at radius 2 is 2.00 bits per heavy atom. The largest absolute Gasteiger partial charge is 0.342 e. The minimum absolute atomic E-state index is 0.442. The first-order chi connectivity index (χ1) is 13.3. The van der Waals surface area contributed by atoms with Gasteiger partial charge in [-0.1, -0.05) is 29.8 Å². The number of aryl methyl sites for hydroxylation is 1. The van der Waals surface area contributed by atoms with Gasteiger partial charge in [0.15, 0.2) is 16.8 Å². The standard InChI is InChI=1S/C20H21ClN6/c21-18-16-17(14-3-1-2-4-15(14)25-18)27(12-7-13-5-8-22-9-6-13)20(26-16)19-23-10-11-24-19/h1-4,10-11,13,22H,5-9,12H2,(H,23,24). The predicted octanol–water partition coefficient (Wildman–Crippen LogP) is 4.02. The number of imidazole rings is 2. The van der Waals surface area contributed by atoms with Crippen LogP contribution in [0.15, 0.2) is 36.7 Å². The van der Waals surface area contributed by atoms with E-state index in [4.69, 9.17) is 16.6 Å². The number of aromatic amines is 1. The summed E-state index contributed by atoms with van der Waals surface area (Å²) in [4.78, 5) is 17.0. The van der Waals surface area contributed by atoms with Crippen molar-refractivity contribution >= 4 is 33.5 Å². The topological polar surface area (TPSA) is 71.4 Å². The molecule has 1 saturated heterocycles. The van der Waals surface area contributed by atoms with Gasteiger partial charge in [-0.25, -0.2) is 15.0 Å². The van der Waals surface area contributed by atoms with E-state index in [0.29, 0.717) is 5.15 Å². The number of hydrogen-bond acceptors (Lipinski definition) is 4. The normalized spacial score (nSPS) is 15.7. The molecule has 1 aliphatic rings. The Bertz CT molecular complexity index is 1080. The van der Waals surface area contributed by atoms with Crippen LogP contribution in [0.2, 0.25) is 5.15 Å². The number of pyridine rings is 1. The summed E-state index contributed by atoms with van der Waals surface area (Å²) in [7, 11) is 0. The van der Waals surface area contributed by atoms with E-state index in [1.54, 1.807) is 6.20 Å². The van der Waals surface area contributed by atoms with Crippen molar-refractivity contribution in [1.29, 1.82) is 0 Å². The summed E-state index contributed by atoms with van der Waals surface area (Å²) < 4.78 is 2.27. The van der Waals surface area contributed by atoms with Crippen LogP contribution in [-0.4, -0.2) is 37.6 Å². The summed E-state index contributed by atoms with van der Waals surface area (Å²) in [6, 6.07) is 8.11. The van der Waals surface area contributed by atoms with Gasteiger partial charge in [-0.05, 0) is 44.3 Å². The Morgan fingerprint density at radius 3 is 2.81 bits per heavy atom. The van der Waals surface area contributed by atoms with Crippen LogP contribution in [0, 0.1) is 5.92 Å². The fourth-order valence-electron chi connectivity index (χ4n) is 4.07. The zero-order valence-corrected chi connectivity index (χ0v) is 15.7. The summed E-state index contributed by atoms with van der Waals surface area (Å²) in [5, 5.41) is 4.96. The highest BCUT2D eigenvalue weighted by atomic mass is 35.5. The van der Waals surface area contributed by atoms with Crippen molar-refractivity contribution in [2.45, 2.75) is 25.8 Å². The molecule has 0 unspecified atom stereocenters. The van der Waals surface area contributed by atoms with Crippen molar-refractivity contribution < 1.29 is 0 Å². The van der Waals surface area contributed by atoms with Crippen molar-refractivity contribution in [3.63, 3.8) is 0 Å². The number of nitrogens with zero attached hydrogens (tertiary/aromatic N) is 4. The Hall–Kier alpha value is -2.44. The van der Waals surface area contributed by atoms with E-state index < -0.39 is 0 Å². The molecule has 5 rings (SSSR count). The van der Waals surface area contributed by atoms with Gasteiger partial charge in [-0.2, -0.15) is 0 Å². The molecule has 6 nitrogen and oxygen atoms in total. The zero-order valence-electron chi connectivity index (χ0n) is 15.0. The van der Waals surface area contributed by atoms with Crippen LogP contribution in [0.5, 0.6) is 0 Å². The van der Waals surface area contributed by atoms with Gasteiger partial charge in [-0.3, -0.25) is 0 Å². The van der Waals surface area contributed by atoms with Gasteiger partial charge in [0, 0.05) is 24.3 Å². The number of para-hydroxylation sites is 1. The molecule has 0 bridgehead atoms. The second kappa shape index (κ2) is 6.94. The molecule has 27 heavy (non-hydrogen) atoms. The third kappa shape index (κ3) is 2.99. The molecule has 4 heterocycles. The first-order valence-electron chi connectivity index (χ1n) is 9.46. The van der Waals surface area contributed by atoms with Crippen molar-refractivity contribution in [2.75, 3.05) is 13.1 Å². The third-order valence-electron chi connectivity index (χ3n) is 5.47. The van der Waals surface area contributed by atoms with Crippen molar-refractivity contribution in [2.24, 2.45) is 5.92 Å². The highest BCUT2D eigenvalue weighted by Crippen LogP contribution is 2.33. The maximum absolute atomic E-state index is 6.51. The van der Waals surface area contributed by atoms with Gasteiger partial charge in [-0.15, -0.1) is 0 Å². The Labute approximate surface area is 162 Å². The minimum Gasteiger partial charge on any atom is -0.342 e. The van der Waals surface area contributed by atoms with Crippen molar-refractivity contribution in [3.8, 4) is 11.6 Å². The average molecular weight is 381 g/mol. The number of hydrogen-bond donors (Lipinski definition) is 2. The summed E-state index contributed by atoms with van der Waals surface area (Å²) in [6.45, 7) is 3.11. The molecule has 1 aliphatic heterocycles. The lowest BCUT2D eigenvalue weighted by Crippen LogP contribution is -2.28. The average Bonchev–Trinajstić information content (AvgIpc) is 3.35. The summed E-state index contributed by atoms with van der Waals surface area (Å²) in [5.41, 5.74) is 2.68. The van der Waals surface area contributed by atoms with Gasteiger partial charge in [0.2, 0.25) is 0 Å². The maximum Gasteiger partial charge on any atom is 0.177 e. The number of aromatic nitrogens is 5. The van der Waals surface area contributed by atoms with E-state index >= 15 is 0 Å². The molecule has 1 fully saturated rings. The second-order valence-electron chi connectivity index (χ2n) is 7.12. The number of fused-ring (bicyclic) bond motifs is 3. The molecule has 0 radical (unpaired) electrons. The number of nitrogens with one attached hydrogen (secondary N) is 2. The molecule has 3 aromatic heterocycles. The Balaban J connectivity index is 1.68. The van der Waals surface area contributed by atoms with Gasteiger partial charge in [0.25, 0.3) is 0 Å². The van der Waals surface area contributed by atoms with E-state index in [1.165, 1.54) is 12.8 Å². The minimum atomic E-state index is 0.442. The summed E-state index contributed by atoms with van der Waals surface area (Å²) in [5.74, 6) is 2.32. The molecule has 0 aliphatic carbocycles. The molecule has 0 atom stereocenters. The molecule has 0 saturated carbocycles. The van der Waals surface area contributed by atoms with Crippen LogP contribution in [0.25, 0.3) is 33.6 Å². The van der Waals surface area contributed by atoms with Crippen LogP contribution >= 0.6 is 11.6 Å². The van der Waals surface area contributed by atoms with Gasteiger partial charge in [0.05, 0.1) is 11.0 Å². The fourth-order valence-corrected chi connectivity index (χ4v) is 4.29. The van der Waals surface area contributed by atoms with Crippen molar-refractivity contribution in [1.82, 2.24) is 29.8 Å². The molecule has 4 aromatic rings. The summed E-state index contributed by atoms with van der Waals surface area (Å²) >= 11 is 6.51. The number of piperidine rings is 1. The lowest BCUT2D eigenvalue weighted by molar-refractivity contribution is 0.340. The Morgan fingerprint density at radius 1 is 1.15 bits per heavy atom. The van der Waals surface area contributed by atoms with Crippen LogP contribution in [-0.2, 0) is 6.54 Å². The number of benzene rings is 1. The van der Waals surface area contributed by atoms with Crippen LogP contribution in [0.1, 0.15) is 19.3 Å². The summed E-state index contributed by atoms with van der Waals surface area (Å²) in [6.07, 6.45) is 7.15. The SMILES string of the molecule is Clc1nc2ccccc2c2c1nc(-c1ncc[nH]1)n2CCC1CCNCC1. The van der Waals surface area contributed by atoms with Crippen molar-refractivity contribution in [3.05, 3.63) is 41.8 Å². The molecule has 0 amide bonds. The smallest absolute Gasteiger partial charge is 0.177 e. The monoisotopic (exact) mass is 380 g/mol. The first kappa shape index (κ1) is 16.7. The molecule has 2 N–H and O–H groups in total. The predicted molar refractivity (Wildman–Crippen MR) is 108 cm³/mol. The molecule has 7 heteroatoms. The first-order valence-corrected chi connectivity index (χ1v) is 9.84. The molecule has 1 aromatic carbocycles. The van der Waals surface area contributed by atoms with Crippen LogP contribution in [0.3, 0.4) is 0 Å². The third-order valence-corrected chi connectivity index (χ3v) is 5.73. The van der Waals surface area contributed by atoms with E-state index in [9.17, 15) is 0 Å². The lowest BCUT2D eigenvalue weighted by Gasteiger charge is -2.23. The van der Waals surface area contributed by atoms with E-state index in [-0.39, 0.29) is 0 Å². The number of halogens is 1. The fraction of sp³-hybridized carbons (Fsp3) is 0.350. The van der Waals surface area contributed by atoms with E-state index in [0.717, 1.165) is 65.6 Å². The second-order valence-corrected chi connectivity index (χ2v) is 7.48. The molecular weight excluding hydrogens is 360 g/mol. The highest BCUT2D eigenvalue weighted by molar-refractivity contribution is 6.35. The van der Waals surface area contributed by atoms with E-state index in [2.05, 4.69) is 30.9 Å². The van der Waals surface area contributed by atoms with Gasteiger partial charge < -0.3 is 14.9 Å². The number of rotatable bonds is 4. The maximum atomic E-state index is 6.51. The van der Waals surface area contributed by atoms with Gasteiger partial charge in [0.1, 0.15) is 5.52 Å². The quantitative estimate of drug-likeness (QED) is 0.524. The van der Waals surface area contributed by atoms with Gasteiger partial charge >= 0.3 is 0 Å². The Kier molecular flexibility index (Phi) is 4.30. The molecular formula is C20H21ClN6. The van der Waals surface area contributed by atoms with E-state index in [1.807, 2.05) is 24.4 Å². The van der Waals surface area contributed by atoms with Crippen LogP contribution < -0.4 is 5.32 Å².